The number of amides is 1. The zero-order valence-electron chi connectivity index (χ0n) is 14.8. The monoisotopic (exact) mass is 331 g/mol. The molecule has 1 aromatic rings. The van der Waals surface area contributed by atoms with Crippen LogP contribution >= 0.6 is 0 Å². The van der Waals surface area contributed by atoms with Crippen LogP contribution in [-0.2, 0) is 22.5 Å². The Labute approximate surface area is 144 Å². The SMILES string of the molecule is CC(C)(CNC(=O)[C@@H]1CC[C@H](CN)O1)N1CCc2ccccc2C1. The van der Waals surface area contributed by atoms with Crippen LogP contribution in [0.15, 0.2) is 24.3 Å². The van der Waals surface area contributed by atoms with Crippen LogP contribution < -0.4 is 11.1 Å². The minimum absolute atomic E-state index is 0.00330. The van der Waals surface area contributed by atoms with Crippen molar-refractivity contribution >= 4 is 5.91 Å². The Kier molecular flexibility index (Phi) is 5.23. The molecular weight excluding hydrogens is 302 g/mol. The van der Waals surface area contributed by atoms with Gasteiger partial charge in [-0.25, -0.2) is 0 Å². The lowest BCUT2D eigenvalue weighted by Gasteiger charge is -2.41. The van der Waals surface area contributed by atoms with E-state index in [4.69, 9.17) is 10.5 Å². The van der Waals surface area contributed by atoms with Gasteiger partial charge in [-0.3, -0.25) is 9.69 Å². The molecule has 0 unspecified atom stereocenters. The molecule has 0 aromatic heterocycles. The van der Waals surface area contributed by atoms with Crippen molar-refractivity contribution in [2.24, 2.45) is 5.73 Å². The Morgan fingerprint density at radius 3 is 2.79 bits per heavy atom. The smallest absolute Gasteiger partial charge is 0.249 e. The highest BCUT2D eigenvalue weighted by Gasteiger charge is 2.33. The van der Waals surface area contributed by atoms with E-state index in [9.17, 15) is 4.79 Å². The maximum absolute atomic E-state index is 12.3. The molecule has 1 amide bonds. The highest BCUT2D eigenvalue weighted by atomic mass is 16.5. The molecule has 1 saturated heterocycles. The maximum Gasteiger partial charge on any atom is 0.249 e. The summed E-state index contributed by atoms with van der Waals surface area (Å²) in [6, 6.07) is 8.63. The second kappa shape index (κ2) is 7.21. The van der Waals surface area contributed by atoms with E-state index < -0.39 is 0 Å². The van der Waals surface area contributed by atoms with Crippen molar-refractivity contribution in [1.82, 2.24) is 10.2 Å². The second-order valence-electron chi connectivity index (χ2n) is 7.53. The van der Waals surface area contributed by atoms with Crippen LogP contribution in [0.25, 0.3) is 0 Å². The van der Waals surface area contributed by atoms with Crippen molar-refractivity contribution in [3.63, 3.8) is 0 Å². The van der Waals surface area contributed by atoms with Crippen molar-refractivity contribution in [3.8, 4) is 0 Å². The van der Waals surface area contributed by atoms with Crippen molar-refractivity contribution < 1.29 is 9.53 Å². The lowest BCUT2D eigenvalue weighted by atomic mass is 9.94. The number of carbonyl (C=O) groups excluding carboxylic acids is 1. The predicted molar refractivity (Wildman–Crippen MR) is 94.6 cm³/mol. The number of nitrogens with one attached hydrogen (secondary N) is 1. The Bertz CT molecular complexity index is 588. The number of fused-ring (bicyclic) bond motifs is 1. The van der Waals surface area contributed by atoms with E-state index in [0.29, 0.717) is 13.1 Å². The van der Waals surface area contributed by atoms with Crippen LogP contribution in [0.5, 0.6) is 0 Å². The highest BCUT2D eigenvalue weighted by Crippen LogP contribution is 2.25. The van der Waals surface area contributed by atoms with E-state index in [-0.39, 0.29) is 23.7 Å². The average Bonchev–Trinajstić information content (AvgIpc) is 3.08. The molecule has 5 nitrogen and oxygen atoms in total. The summed E-state index contributed by atoms with van der Waals surface area (Å²) in [5.74, 6) is -0.00330. The summed E-state index contributed by atoms with van der Waals surface area (Å²) in [5, 5.41) is 3.08. The third kappa shape index (κ3) is 3.79. The lowest BCUT2D eigenvalue weighted by molar-refractivity contribution is -0.132. The molecule has 0 spiro atoms. The van der Waals surface area contributed by atoms with Crippen molar-refractivity contribution in [2.45, 2.75) is 57.4 Å². The number of carbonyl (C=O) groups is 1. The summed E-state index contributed by atoms with van der Waals surface area (Å²) >= 11 is 0. The van der Waals surface area contributed by atoms with Gasteiger partial charge in [-0.15, -0.1) is 0 Å². The van der Waals surface area contributed by atoms with Crippen molar-refractivity contribution in [1.29, 1.82) is 0 Å². The molecule has 0 radical (unpaired) electrons. The molecule has 3 N–H and O–H groups in total. The van der Waals surface area contributed by atoms with Crippen molar-refractivity contribution in [2.75, 3.05) is 19.6 Å². The fourth-order valence-corrected chi connectivity index (χ4v) is 3.61. The largest absolute Gasteiger partial charge is 0.364 e. The van der Waals surface area contributed by atoms with E-state index in [2.05, 4.69) is 48.3 Å². The first-order chi connectivity index (χ1) is 11.5. The molecule has 3 rings (SSSR count). The van der Waals surface area contributed by atoms with E-state index in [1.165, 1.54) is 11.1 Å². The molecule has 2 aliphatic heterocycles. The van der Waals surface area contributed by atoms with Crippen LogP contribution in [0.4, 0.5) is 0 Å². The zero-order valence-corrected chi connectivity index (χ0v) is 14.8. The second-order valence-corrected chi connectivity index (χ2v) is 7.53. The highest BCUT2D eigenvalue weighted by molar-refractivity contribution is 5.81. The van der Waals surface area contributed by atoms with Gasteiger partial charge in [-0.2, -0.15) is 0 Å². The van der Waals surface area contributed by atoms with E-state index in [1.807, 2.05) is 0 Å². The molecule has 0 aliphatic carbocycles. The van der Waals surface area contributed by atoms with E-state index in [0.717, 1.165) is 32.4 Å². The first kappa shape index (κ1) is 17.4. The van der Waals surface area contributed by atoms with Gasteiger partial charge in [0.15, 0.2) is 0 Å². The van der Waals surface area contributed by atoms with Gasteiger partial charge in [0.25, 0.3) is 0 Å². The van der Waals surface area contributed by atoms with Crippen LogP contribution in [0.1, 0.15) is 37.8 Å². The number of ether oxygens (including phenoxy) is 1. The summed E-state index contributed by atoms with van der Waals surface area (Å²) < 4.78 is 5.68. The Morgan fingerprint density at radius 1 is 1.33 bits per heavy atom. The summed E-state index contributed by atoms with van der Waals surface area (Å²) in [6.07, 6.45) is 2.41. The van der Waals surface area contributed by atoms with Crippen LogP contribution in [-0.4, -0.2) is 48.2 Å². The van der Waals surface area contributed by atoms with Gasteiger partial charge in [0.2, 0.25) is 5.91 Å². The standard InChI is InChI=1S/C19H29N3O2/c1-19(2,13-21-18(23)17-8-7-16(11-20)24-17)22-10-9-14-5-3-4-6-15(14)12-22/h3-6,16-17H,7-13,20H2,1-2H3,(H,21,23)/t16-,17+/m1/s1. The Hall–Kier alpha value is -1.43. The van der Waals surface area contributed by atoms with Crippen LogP contribution in [0, 0.1) is 0 Å². The number of nitrogens with zero attached hydrogens (tertiary/aromatic N) is 1. The molecule has 2 aliphatic rings. The molecule has 1 fully saturated rings. The maximum atomic E-state index is 12.3. The molecule has 0 saturated carbocycles. The fourth-order valence-electron chi connectivity index (χ4n) is 3.61. The topological polar surface area (TPSA) is 67.6 Å². The normalized spacial score (nSPS) is 24.6. The fraction of sp³-hybridized carbons (Fsp3) is 0.632. The molecule has 2 atom stereocenters. The van der Waals surface area contributed by atoms with Gasteiger partial charge in [0.05, 0.1) is 6.10 Å². The summed E-state index contributed by atoms with van der Waals surface area (Å²) in [4.78, 5) is 14.8. The summed E-state index contributed by atoms with van der Waals surface area (Å²) in [5.41, 5.74) is 8.37. The minimum atomic E-state index is -0.337. The number of nitrogens with two attached hydrogens (primary N) is 1. The van der Waals surface area contributed by atoms with Gasteiger partial charge < -0.3 is 15.8 Å². The van der Waals surface area contributed by atoms with Gasteiger partial charge in [-0.05, 0) is 44.2 Å². The zero-order chi connectivity index (χ0) is 17.2. The van der Waals surface area contributed by atoms with Gasteiger partial charge in [0, 0.05) is 31.7 Å². The van der Waals surface area contributed by atoms with Gasteiger partial charge >= 0.3 is 0 Å². The van der Waals surface area contributed by atoms with E-state index >= 15 is 0 Å². The van der Waals surface area contributed by atoms with Crippen LogP contribution in [0.3, 0.4) is 0 Å². The number of hydrogen-bond acceptors (Lipinski definition) is 4. The molecule has 5 heteroatoms. The molecular formula is C19H29N3O2. The third-order valence-corrected chi connectivity index (χ3v) is 5.34. The first-order valence-corrected chi connectivity index (χ1v) is 8.94. The third-order valence-electron chi connectivity index (χ3n) is 5.34. The predicted octanol–water partition coefficient (Wildman–Crippen LogP) is 1.45. The summed E-state index contributed by atoms with van der Waals surface area (Å²) in [6.45, 7) is 7.46. The average molecular weight is 331 g/mol. The molecule has 132 valence electrons. The number of benzene rings is 1. The number of rotatable bonds is 5. The van der Waals surface area contributed by atoms with Gasteiger partial charge in [0.1, 0.15) is 6.10 Å². The lowest BCUT2D eigenvalue weighted by Crippen LogP contribution is -2.54. The molecule has 24 heavy (non-hydrogen) atoms. The molecule has 0 bridgehead atoms. The van der Waals surface area contributed by atoms with Gasteiger partial charge in [-0.1, -0.05) is 24.3 Å². The number of hydrogen-bond donors (Lipinski definition) is 2. The molecule has 2 heterocycles. The van der Waals surface area contributed by atoms with E-state index in [1.54, 1.807) is 0 Å². The Balaban J connectivity index is 1.54. The molecule has 1 aromatic carbocycles. The Morgan fingerprint density at radius 2 is 2.08 bits per heavy atom. The van der Waals surface area contributed by atoms with Crippen LogP contribution in [0.2, 0.25) is 0 Å². The van der Waals surface area contributed by atoms with Crippen molar-refractivity contribution in [3.05, 3.63) is 35.4 Å². The summed E-state index contributed by atoms with van der Waals surface area (Å²) in [7, 11) is 0. The minimum Gasteiger partial charge on any atom is -0.364 e. The first-order valence-electron chi connectivity index (χ1n) is 8.94. The quantitative estimate of drug-likeness (QED) is 0.857.